The first-order valence-electron chi connectivity index (χ1n) is 3.63. The van der Waals surface area contributed by atoms with Gasteiger partial charge in [-0.1, -0.05) is 0 Å². The zero-order valence-electron chi connectivity index (χ0n) is 6.67. The van der Waals surface area contributed by atoms with Crippen LogP contribution in [0.3, 0.4) is 0 Å². The van der Waals surface area contributed by atoms with Crippen molar-refractivity contribution in [1.82, 2.24) is 5.32 Å². The van der Waals surface area contributed by atoms with Gasteiger partial charge in [-0.2, -0.15) is 0 Å². The Hall–Kier alpha value is -1.50. The van der Waals surface area contributed by atoms with E-state index < -0.39 is 11.9 Å². The van der Waals surface area contributed by atoms with Crippen molar-refractivity contribution in [2.24, 2.45) is 0 Å². The summed E-state index contributed by atoms with van der Waals surface area (Å²) in [7, 11) is 0. The summed E-state index contributed by atoms with van der Waals surface area (Å²) in [5, 5.41) is 10.4. The lowest BCUT2D eigenvalue weighted by Gasteiger charge is -1.99. The van der Waals surface area contributed by atoms with E-state index in [0.29, 0.717) is 19.4 Å². The monoisotopic (exact) mass is 169 g/mol. The molecule has 12 heavy (non-hydrogen) atoms. The van der Waals surface area contributed by atoms with Gasteiger partial charge in [-0.05, 0) is 12.8 Å². The zero-order chi connectivity index (χ0) is 9.40. The van der Waals surface area contributed by atoms with Crippen LogP contribution in [0.25, 0.3) is 0 Å². The smallest absolute Gasteiger partial charge is 0.394 e. The van der Waals surface area contributed by atoms with Crippen molar-refractivity contribution >= 4 is 11.9 Å². The molecule has 0 heterocycles. The van der Waals surface area contributed by atoms with E-state index >= 15 is 0 Å². The van der Waals surface area contributed by atoms with Crippen LogP contribution in [0.4, 0.5) is 0 Å². The predicted molar refractivity (Wildman–Crippen MR) is 43.3 cm³/mol. The second kappa shape index (κ2) is 6.23. The van der Waals surface area contributed by atoms with Crippen molar-refractivity contribution in [1.29, 1.82) is 0 Å². The maximum atomic E-state index is 10.4. The van der Waals surface area contributed by atoms with Crippen molar-refractivity contribution in [3.8, 4) is 12.3 Å². The third-order valence-electron chi connectivity index (χ3n) is 1.23. The molecule has 0 saturated heterocycles. The molecule has 0 fully saturated rings. The van der Waals surface area contributed by atoms with Gasteiger partial charge in [0.05, 0.1) is 0 Å². The van der Waals surface area contributed by atoms with E-state index in [0.717, 1.165) is 6.42 Å². The summed E-state index contributed by atoms with van der Waals surface area (Å²) in [6.07, 6.45) is 7.16. The van der Waals surface area contributed by atoms with Crippen LogP contribution < -0.4 is 5.32 Å². The van der Waals surface area contributed by atoms with Gasteiger partial charge in [0.15, 0.2) is 0 Å². The Bertz CT molecular complexity index is 205. The van der Waals surface area contributed by atoms with Gasteiger partial charge < -0.3 is 10.4 Å². The summed E-state index contributed by atoms with van der Waals surface area (Å²) in [6, 6.07) is 0. The van der Waals surface area contributed by atoms with Crippen LogP contribution in [-0.4, -0.2) is 23.5 Å². The minimum absolute atomic E-state index is 0.368. The number of carbonyl (C=O) groups excluding carboxylic acids is 1. The Balaban J connectivity index is 3.27. The number of carboxylic acids is 1. The molecule has 0 radical (unpaired) electrons. The number of carbonyl (C=O) groups is 2. The standard InChI is InChI=1S/C8H11NO3/c1-2-3-4-5-6-9-7(10)8(11)12/h1H,3-6H2,(H,9,10)(H,11,12). The minimum Gasteiger partial charge on any atom is -0.474 e. The molecule has 1 amide bonds. The van der Waals surface area contributed by atoms with Crippen molar-refractivity contribution in [2.75, 3.05) is 6.54 Å². The normalized spacial score (nSPS) is 8.58. The number of amides is 1. The molecule has 0 atom stereocenters. The molecule has 2 N–H and O–H groups in total. The van der Waals surface area contributed by atoms with E-state index in [2.05, 4.69) is 11.2 Å². The van der Waals surface area contributed by atoms with Crippen molar-refractivity contribution in [3.05, 3.63) is 0 Å². The number of nitrogens with one attached hydrogen (secondary N) is 1. The molecule has 0 aliphatic carbocycles. The third-order valence-corrected chi connectivity index (χ3v) is 1.23. The van der Waals surface area contributed by atoms with Gasteiger partial charge in [0.25, 0.3) is 0 Å². The Morgan fingerprint density at radius 2 is 2.08 bits per heavy atom. The van der Waals surface area contributed by atoms with Crippen LogP contribution in [-0.2, 0) is 9.59 Å². The number of unbranched alkanes of at least 4 members (excludes halogenated alkanes) is 2. The molecule has 0 aliphatic rings. The highest BCUT2D eigenvalue weighted by Gasteiger charge is 2.08. The summed E-state index contributed by atoms with van der Waals surface area (Å²) < 4.78 is 0. The molecule has 0 spiro atoms. The molecule has 0 saturated carbocycles. The first-order valence-corrected chi connectivity index (χ1v) is 3.63. The van der Waals surface area contributed by atoms with E-state index in [-0.39, 0.29) is 0 Å². The first kappa shape index (κ1) is 10.5. The lowest BCUT2D eigenvalue weighted by molar-refractivity contribution is -0.150. The summed E-state index contributed by atoms with van der Waals surface area (Å²) in [6.45, 7) is 0.368. The van der Waals surface area contributed by atoms with Gasteiger partial charge in [0.1, 0.15) is 0 Å². The molecule has 0 aromatic rings. The van der Waals surface area contributed by atoms with Gasteiger partial charge in [-0.15, -0.1) is 12.3 Å². The predicted octanol–water partition coefficient (Wildman–Crippen LogP) is -0.00930. The molecular formula is C8H11NO3. The van der Waals surface area contributed by atoms with Crippen LogP contribution in [0.1, 0.15) is 19.3 Å². The Kier molecular flexibility index (Phi) is 5.45. The van der Waals surface area contributed by atoms with Gasteiger partial charge in [0, 0.05) is 13.0 Å². The lowest BCUT2D eigenvalue weighted by atomic mass is 10.2. The quantitative estimate of drug-likeness (QED) is 0.353. The molecule has 0 aliphatic heterocycles. The SMILES string of the molecule is C#CCCCCNC(=O)C(=O)O. The number of carboxylic acid groups (broad SMARTS) is 1. The minimum atomic E-state index is -1.45. The van der Waals surface area contributed by atoms with Gasteiger partial charge in [0.2, 0.25) is 0 Å². The molecule has 0 rings (SSSR count). The summed E-state index contributed by atoms with van der Waals surface area (Å²) >= 11 is 0. The van der Waals surface area contributed by atoms with Gasteiger partial charge >= 0.3 is 11.9 Å². The fraction of sp³-hybridized carbons (Fsp3) is 0.500. The molecule has 0 unspecified atom stereocenters. The Morgan fingerprint density at radius 1 is 1.42 bits per heavy atom. The zero-order valence-corrected chi connectivity index (χ0v) is 6.67. The molecular weight excluding hydrogens is 158 g/mol. The molecule has 66 valence electrons. The number of rotatable bonds is 4. The van der Waals surface area contributed by atoms with Gasteiger partial charge in [-0.3, -0.25) is 4.79 Å². The second-order valence-corrected chi connectivity index (χ2v) is 2.22. The lowest BCUT2D eigenvalue weighted by Crippen LogP contribution is -2.31. The third kappa shape index (κ3) is 5.30. The van der Waals surface area contributed by atoms with Crippen LogP contribution in [0.5, 0.6) is 0 Å². The van der Waals surface area contributed by atoms with Gasteiger partial charge in [-0.25, -0.2) is 4.79 Å². The van der Waals surface area contributed by atoms with E-state index in [1.165, 1.54) is 0 Å². The van der Waals surface area contributed by atoms with E-state index in [9.17, 15) is 9.59 Å². The average molecular weight is 169 g/mol. The van der Waals surface area contributed by atoms with E-state index in [1.54, 1.807) is 0 Å². The average Bonchev–Trinajstić information content (AvgIpc) is 2.03. The maximum Gasteiger partial charge on any atom is 0.394 e. The summed E-state index contributed by atoms with van der Waals surface area (Å²) in [5.41, 5.74) is 0. The molecule has 0 aromatic carbocycles. The summed E-state index contributed by atoms with van der Waals surface area (Å²) in [5.74, 6) is 0.0354. The highest BCUT2D eigenvalue weighted by molar-refractivity contribution is 6.31. The molecule has 4 heteroatoms. The number of hydrogen-bond donors (Lipinski definition) is 2. The number of hydrogen-bond acceptors (Lipinski definition) is 2. The highest BCUT2D eigenvalue weighted by atomic mass is 16.4. The Morgan fingerprint density at radius 3 is 2.58 bits per heavy atom. The largest absolute Gasteiger partial charge is 0.474 e. The summed E-state index contributed by atoms with van der Waals surface area (Å²) in [4.78, 5) is 20.4. The molecule has 0 bridgehead atoms. The molecule has 0 aromatic heterocycles. The van der Waals surface area contributed by atoms with Crippen molar-refractivity contribution in [3.63, 3.8) is 0 Å². The maximum absolute atomic E-state index is 10.4. The van der Waals surface area contributed by atoms with E-state index in [1.807, 2.05) is 0 Å². The van der Waals surface area contributed by atoms with Crippen LogP contribution in [0.15, 0.2) is 0 Å². The van der Waals surface area contributed by atoms with E-state index in [4.69, 9.17) is 11.5 Å². The topological polar surface area (TPSA) is 66.4 Å². The number of terminal acetylenes is 1. The van der Waals surface area contributed by atoms with Crippen LogP contribution in [0, 0.1) is 12.3 Å². The highest BCUT2D eigenvalue weighted by Crippen LogP contribution is 1.90. The molecule has 4 nitrogen and oxygen atoms in total. The fourth-order valence-electron chi connectivity index (χ4n) is 0.630. The van der Waals surface area contributed by atoms with Crippen molar-refractivity contribution in [2.45, 2.75) is 19.3 Å². The number of aliphatic carboxylic acids is 1. The fourth-order valence-corrected chi connectivity index (χ4v) is 0.630. The first-order chi connectivity index (χ1) is 5.68. The second-order valence-electron chi connectivity index (χ2n) is 2.22. The Labute approximate surface area is 71.0 Å². The van der Waals surface area contributed by atoms with Crippen molar-refractivity contribution < 1.29 is 14.7 Å². The van der Waals surface area contributed by atoms with Crippen LogP contribution in [0.2, 0.25) is 0 Å². The van der Waals surface area contributed by atoms with Crippen LogP contribution >= 0.6 is 0 Å².